The second kappa shape index (κ2) is 5.30. The van der Waals surface area contributed by atoms with Gasteiger partial charge in [-0.2, -0.15) is 0 Å². The first-order valence-corrected chi connectivity index (χ1v) is 5.83. The van der Waals surface area contributed by atoms with E-state index in [-0.39, 0.29) is 0 Å². The Hall–Kier alpha value is -1.38. The van der Waals surface area contributed by atoms with Crippen LogP contribution in [0.25, 0.3) is 0 Å². The Balaban J connectivity index is 2.08. The maximum absolute atomic E-state index is 5.89. The molecule has 0 aliphatic rings. The van der Waals surface area contributed by atoms with Crippen LogP contribution in [0.5, 0.6) is 5.75 Å². The van der Waals surface area contributed by atoms with Crippen LogP contribution in [0.3, 0.4) is 0 Å². The maximum Gasteiger partial charge on any atom is 0.121 e. The number of nitrogen functional groups attached to an aromatic ring is 1. The SMILES string of the molecule is Nc1ccccc1COc1ccc(Cl)c(Cl)c1. The van der Waals surface area contributed by atoms with Crippen LogP contribution in [0, 0.1) is 0 Å². The van der Waals surface area contributed by atoms with E-state index in [1.54, 1.807) is 18.2 Å². The van der Waals surface area contributed by atoms with E-state index in [1.807, 2.05) is 24.3 Å². The molecule has 0 amide bonds. The van der Waals surface area contributed by atoms with Gasteiger partial charge in [0.2, 0.25) is 0 Å². The molecule has 0 aliphatic carbocycles. The summed E-state index contributed by atoms with van der Waals surface area (Å²) >= 11 is 11.7. The quantitative estimate of drug-likeness (QED) is 0.848. The van der Waals surface area contributed by atoms with Gasteiger partial charge in [-0.15, -0.1) is 0 Å². The van der Waals surface area contributed by atoms with Gasteiger partial charge in [0.25, 0.3) is 0 Å². The molecule has 0 radical (unpaired) electrons. The van der Waals surface area contributed by atoms with Gasteiger partial charge in [-0.1, -0.05) is 41.4 Å². The van der Waals surface area contributed by atoms with E-state index in [0.29, 0.717) is 28.1 Å². The number of benzene rings is 2. The lowest BCUT2D eigenvalue weighted by atomic mass is 10.2. The van der Waals surface area contributed by atoms with Gasteiger partial charge >= 0.3 is 0 Å². The Kier molecular flexibility index (Phi) is 3.77. The van der Waals surface area contributed by atoms with Crippen LogP contribution in [0.15, 0.2) is 42.5 Å². The molecular weight excluding hydrogens is 257 g/mol. The Bertz CT molecular complexity index is 529. The molecule has 2 aromatic rings. The van der Waals surface area contributed by atoms with Crippen molar-refractivity contribution >= 4 is 28.9 Å². The molecule has 0 saturated heterocycles. The molecule has 0 saturated carbocycles. The highest BCUT2D eigenvalue weighted by molar-refractivity contribution is 6.42. The average molecular weight is 268 g/mol. The van der Waals surface area contributed by atoms with Crippen molar-refractivity contribution < 1.29 is 4.74 Å². The summed E-state index contributed by atoms with van der Waals surface area (Å²) in [5, 5.41) is 0.989. The molecule has 0 aliphatic heterocycles. The number of anilines is 1. The topological polar surface area (TPSA) is 35.2 Å². The lowest BCUT2D eigenvalue weighted by Gasteiger charge is -2.08. The van der Waals surface area contributed by atoms with E-state index in [1.165, 1.54) is 0 Å². The van der Waals surface area contributed by atoms with Crippen LogP contribution in [0.2, 0.25) is 10.0 Å². The first kappa shape index (κ1) is 12.1. The number of rotatable bonds is 3. The van der Waals surface area contributed by atoms with Crippen molar-refractivity contribution in [3.05, 3.63) is 58.1 Å². The van der Waals surface area contributed by atoms with Crippen LogP contribution in [0.1, 0.15) is 5.56 Å². The Labute approximate surface area is 110 Å². The molecule has 2 N–H and O–H groups in total. The third-order valence-electron chi connectivity index (χ3n) is 2.34. The van der Waals surface area contributed by atoms with Crippen molar-refractivity contribution in [2.45, 2.75) is 6.61 Å². The predicted octanol–water partition coefficient (Wildman–Crippen LogP) is 4.15. The number of ether oxygens (including phenoxy) is 1. The Morgan fingerprint density at radius 1 is 1.00 bits per heavy atom. The van der Waals surface area contributed by atoms with Gasteiger partial charge in [-0.25, -0.2) is 0 Å². The molecule has 0 aromatic heterocycles. The van der Waals surface area contributed by atoms with Crippen LogP contribution in [-0.4, -0.2) is 0 Å². The molecular formula is C13H11Cl2NO. The van der Waals surface area contributed by atoms with E-state index in [2.05, 4.69) is 0 Å². The monoisotopic (exact) mass is 267 g/mol. The van der Waals surface area contributed by atoms with Crippen molar-refractivity contribution in [2.75, 3.05) is 5.73 Å². The number of halogens is 2. The number of hydrogen-bond acceptors (Lipinski definition) is 2. The van der Waals surface area contributed by atoms with Crippen LogP contribution in [-0.2, 0) is 6.61 Å². The van der Waals surface area contributed by atoms with Gasteiger partial charge in [-0.3, -0.25) is 0 Å². The zero-order valence-corrected chi connectivity index (χ0v) is 10.5. The van der Waals surface area contributed by atoms with Gasteiger partial charge in [-0.05, 0) is 18.2 Å². The summed E-state index contributed by atoms with van der Waals surface area (Å²) < 4.78 is 5.59. The molecule has 88 valence electrons. The second-order valence-electron chi connectivity index (χ2n) is 3.56. The molecule has 0 bridgehead atoms. The van der Waals surface area contributed by atoms with Crippen LogP contribution >= 0.6 is 23.2 Å². The minimum atomic E-state index is 0.407. The fourth-order valence-corrected chi connectivity index (χ4v) is 1.68. The first-order valence-electron chi connectivity index (χ1n) is 5.08. The normalized spacial score (nSPS) is 10.2. The predicted molar refractivity (Wildman–Crippen MR) is 71.6 cm³/mol. The van der Waals surface area contributed by atoms with E-state index in [9.17, 15) is 0 Å². The van der Waals surface area contributed by atoms with Gasteiger partial charge in [0.15, 0.2) is 0 Å². The molecule has 0 atom stereocenters. The summed E-state index contributed by atoms with van der Waals surface area (Å²) in [5.74, 6) is 0.669. The van der Waals surface area contributed by atoms with Crippen molar-refractivity contribution in [3.63, 3.8) is 0 Å². The van der Waals surface area contributed by atoms with Crippen molar-refractivity contribution in [1.82, 2.24) is 0 Å². The smallest absolute Gasteiger partial charge is 0.121 e. The fourth-order valence-electron chi connectivity index (χ4n) is 1.39. The lowest BCUT2D eigenvalue weighted by Crippen LogP contribution is -1.99. The molecule has 2 nitrogen and oxygen atoms in total. The van der Waals surface area contributed by atoms with Gasteiger partial charge in [0, 0.05) is 17.3 Å². The molecule has 4 heteroatoms. The van der Waals surface area contributed by atoms with E-state index in [0.717, 1.165) is 5.56 Å². The minimum Gasteiger partial charge on any atom is -0.489 e. The molecule has 0 heterocycles. The summed E-state index contributed by atoms with van der Waals surface area (Å²) in [7, 11) is 0. The highest BCUT2D eigenvalue weighted by Gasteiger charge is 2.02. The summed E-state index contributed by atoms with van der Waals surface area (Å²) in [6.45, 7) is 0.407. The van der Waals surface area contributed by atoms with Gasteiger partial charge in [0.1, 0.15) is 12.4 Å². The summed E-state index contributed by atoms with van der Waals surface area (Å²) in [5.41, 5.74) is 7.47. The third kappa shape index (κ3) is 3.05. The highest BCUT2D eigenvalue weighted by Crippen LogP contribution is 2.27. The van der Waals surface area contributed by atoms with E-state index < -0.39 is 0 Å². The molecule has 2 aromatic carbocycles. The van der Waals surface area contributed by atoms with Gasteiger partial charge < -0.3 is 10.5 Å². The first-order chi connectivity index (χ1) is 8.16. The molecule has 17 heavy (non-hydrogen) atoms. The average Bonchev–Trinajstić information content (AvgIpc) is 2.32. The summed E-state index contributed by atoms with van der Waals surface area (Å²) in [6.07, 6.45) is 0. The molecule has 0 fully saturated rings. The Morgan fingerprint density at radius 2 is 1.76 bits per heavy atom. The van der Waals surface area contributed by atoms with Crippen LogP contribution in [0.4, 0.5) is 5.69 Å². The molecule has 0 spiro atoms. The van der Waals surface area contributed by atoms with Crippen molar-refractivity contribution in [1.29, 1.82) is 0 Å². The zero-order valence-electron chi connectivity index (χ0n) is 8.99. The number of hydrogen-bond donors (Lipinski definition) is 1. The highest BCUT2D eigenvalue weighted by atomic mass is 35.5. The van der Waals surface area contributed by atoms with Crippen LogP contribution < -0.4 is 10.5 Å². The fraction of sp³-hybridized carbons (Fsp3) is 0.0769. The van der Waals surface area contributed by atoms with Crippen molar-refractivity contribution in [3.8, 4) is 5.75 Å². The van der Waals surface area contributed by atoms with Crippen molar-refractivity contribution in [2.24, 2.45) is 0 Å². The minimum absolute atomic E-state index is 0.407. The third-order valence-corrected chi connectivity index (χ3v) is 3.08. The van der Waals surface area contributed by atoms with E-state index in [4.69, 9.17) is 33.7 Å². The molecule has 2 rings (SSSR count). The summed E-state index contributed by atoms with van der Waals surface area (Å²) in [6, 6.07) is 12.7. The lowest BCUT2D eigenvalue weighted by molar-refractivity contribution is 0.307. The zero-order chi connectivity index (χ0) is 12.3. The summed E-state index contributed by atoms with van der Waals surface area (Å²) in [4.78, 5) is 0. The van der Waals surface area contributed by atoms with E-state index >= 15 is 0 Å². The largest absolute Gasteiger partial charge is 0.489 e. The Morgan fingerprint density at radius 3 is 2.47 bits per heavy atom. The number of nitrogens with two attached hydrogens (primary N) is 1. The van der Waals surface area contributed by atoms with Gasteiger partial charge in [0.05, 0.1) is 10.0 Å². The second-order valence-corrected chi connectivity index (χ2v) is 4.38. The molecule has 0 unspecified atom stereocenters. The number of para-hydroxylation sites is 1. The maximum atomic E-state index is 5.89. The standard InChI is InChI=1S/C13H11Cl2NO/c14-11-6-5-10(7-12(11)15)17-8-9-3-1-2-4-13(9)16/h1-7H,8,16H2.